The van der Waals surface area contributed by atoms with Gasteiger partial charge >= 0.3 is 6.03 Å². The van der Waals surface area contributed by atoms with E-state index in [9.17, 15) is 79.2 Å². The minimum atomic E-state index is -5.42. The van der Waals surface area contributed by atoms with Gasteiger partial charge in [-0.05, 0) is 97.4 Å². The Morgan fingerprint density at radius 2 is 0.825 bits per heavy atom. The molecule has 4 amide bonds. The minimum absolute atomic E-state index is 0.00945. The fraction of sp³-hybridized carbons (Fsp3) is 0.0278. The van der Waals surface area contributed by atoms with Gasteiger partial charge in [0.05, 0.1) is 15.5 Å². The van der Waals surface area contributed by atoms with E-state index in [-0.39, 0.29) is 44.5 Å². The second-order valence-electron chi connectivity index (χ2n) is 13.3. The van der Waals surface area contributed by atoms with Crippen molar-refractivity contribution in [1.82, 2.24) is 0 Å². The maximum Gasteiger partial charge on any atom is 0.323 e. The Morgan fingerprint density at radius 3 is 1.24 bits per heavy atom. The molecule has 27 heteroatoms. The molecule has 22 nitrogen and oxygen atoms in total. The van der Waals surface area contributed by atoms with Crippen LogP contribution in [0.2, 0.25) is 0 Å². The summed E-state index contributed by atoms with van der Waals surface area (Å²) >= 11 is 0. The molecule has 0 spiro atoms. The molecule has 0 aliphatic rings. The van der Waals surface area contributed by atoms with E-state index in [0.717, 1.165) is 36.4 Å². The van der Waals surface area contributed by atoms with E-state index in [4.69, 9.17) is 0 Å². The molecular weight excluding hydrogens is 937 g/mol. The first-order chi connectivity index (χ1) is 29.0. The van der Waals surface area contributed by atoms with E-state index in [2.05, 4.69) is 21.3 Å². The summed E-state index contributed by atoms with van der Waals surface area (Å²) in [6.07, 6.45) is 0. The Morgan fingerprint density at radius 1 is 0.429 bits per heavy atom. The number of hydrogen-bond acceptors (Lipinski definition) is 13. The van der Waals surface area contributed by atoms with Crippen LogP contribution in [-0.2, 0) is 50.6 Å². The predicted molar refractivity (Wildman–Crippen MR) is 223 cm³/mol. The summed E-state index contributed by atoms with van der Waals surface area (Å²) in [5.41, 5.74) is -0.638. The van der Waals surface area contributed by atoms with Gasteiger partial charge in [-0.15, -0.1) is 0 Å². The van der Waals surface area contributed by atoms with Crippen LogP contribution in [-0.4, -0.2) is 82.7 Å². The molecule has 0 bridgehead atoms. The Labute approximate surface area is 356 Å². The standard InChI is InChI=1S/C36H28N4O18S5/c1-18-12-23(59(44,45)46)15-25-29(61(50,51)52)10-8-27(32(18)25)39-34(41)19-4-2-6-21(13-19)37-36(43)38-22-7-3-5-20(14-22)35(42)40-28-9-11-30(62(53,54)55)26-16-24(60(47,48)49)17-31(33(26)28)63(56,57)58/h2-17H,1H3,(H,39,41)(H,40,42)(H2,37,38,43)(H,44,45,46)(H,47,48,49)(H,50,51,52)(H,53,54,55)(H,56,57,58). The van der Waals surface area contributed by atoms with Crippen molar-refractivity contribution in [3.8, 4) is 0 Å². The predicted octanol–water partition coefficient (Wildman–Crippen LogP) is 4.68. The number of aryl methyl sites for hydroxylation is 1. The lowest BCUT2D eigenvalue weighted by molar-refractivity contribution is 0.101. The average molecular weight is 965 g/mol. The molecule has 63 heavy (non-hydrogen) atoms. The third-order valence-corrected chi connectivity index (χ3v) is 13.3. The van der Waals surface area contributed by atoms with Crippen molar-refractivity contribution in [2.75, 3.05) is 21.3 Å². The van der Waals surface area contributed by atoms with Crippen molar-refractivity contribution in [2.24, 2.45) is 0 Å². The van der Waals surface area contributed by atoms with Crippen molar-refractivity contribution >= 4 is 113 Å². The monoisotopic (exact) mass is 964 g/mol. The molecule has 0 radical (unpaired) electrons. The highest BCUT2D eigenvalue weighted by atomic mass is 32.2. The molecule has 0 atom stereocenters. The fourth-order valence-electron chi connectivity index (χ4n) is 6.35. The lowest BCUT2D eigenvalue weighted by atomic mass is 10.0. The maximum atomic E-state index is 13.4. The van der Waals surface area contributed by atoms with Crippen molar-refractivity contribution in [3.05, 3.63) is 114 Å². The van der Waals surface area contributed by atoms with E-state index in [1.54, 1.807) is 0 Å². The van der Waals surface area contributed by atoms with Crippen molar-refractivity contribution in [3.63, 3.8) is 0 Å². The summed E-state index contributed by atoms with van der Waals surface area (Å²) in [5.74, 6) is -1.81. The third kappa shape index (κ3) is 10.1. The summed E-state index contributed by atoms with van der Waals surface area (Å²) in [5, 5.41) is 7.86. The van der Waals surface area contributed by atoms with Gasteiger partial charge < -0.3 is 21.3 Å². The Kier molecular flexibility index (Phi) is 12.0. The average Bonchev–Trinajstić information content (AvgIpc) is 3.15. The Hall–Kier alpha value is -6.40. The van der Waals surface area contributed by atoms with Gasteiger partial charge in [-0.25, -0.2) is 4.79 Å². The van der Waals surface area contributed by atoms with E-state index in [1.807, 2.05) is 0 Å². The molecule has 0 unspecified atom stereocenters. The number of benzene rings is 6. The summed E-state index contributed by atoms with van der Waals surface area (Å²) in [6.45, 7) is 1.37. The van der Waals surface area contributed by atoms with Crippen LogP contribution in [0.5, 0.6) is 0 Å². The molecule has 9 N–H and O–H groups in total. The molecule has 0 fully saturated rings. The van der Waals surface area contributed by atoms with E-state index >= 15 is 0 Å². The molecule has 6 rings (SSSR count). The van der Waals surface area contributed by atoms with Crippen LogP contribution in [0.25, 0.3) is 21.5 Å². The smallest absolute Gasteiger partial charge is 0.321 e. The van der Waals surface area contributed by atoms with E-state index in [0.29, 0.717) is 18.2 Å². The topological polar surface area (TPSA) is 371 Å². The zero-order valence-electron chi connectivity index (χ0n) is 31.3. The second-order valence-corrected chi connectivity index (χ2v) is 20.3. The summed E-state index contributed by atoms with van der Waals surface area (Å²) in [6, 6.07) is 15.7. The molecule has 0 heterocycles. The highest BCUT2D eigenvalue weighted by molar-refractivity contribution is 7.87. The number of nitrogens with one attached hydrogen (secondary N) is 4. The summed E-state index contributed by atoms with van der Waals surface area (Å²) < 4.78 is 169. The van der Waals surface area contributed by atoms with Crippen LogP contribution >= 0.6 is 0 Å². The van der Waals surface area contributed by atoms with Crippen molar-refractivity contribution in [2.45, 2.75) is 31.4 Å². The van der Waals surface area contributed by atoms with E-state index < -0.39 is 109 Å². The molecule has 6 aromatic rings. The molecule has 0 saturated carbocycles. The van der Waals surface area contributed by atoms with Gasteiger partial charge in [-0.2, -0.15) is 42.1 Å². The van der Waals surface area contributed by atoms with Crippen LogP contribution in [0.4, 0.5) is 27.5 Å². The van der Waals surface area contributed by atoms with E-state index in [1.165, 1.54) is 49.4 Å². The number of carbonyl (C=O) groups excluding carboxylic acids is 3. The number of fused-ring (bicyclic) bond motifs is 2. The van der Waals surface area contributed by atoms with Crippen LogP contribution in [0.3, 0.4) is 0 Å². The van der Waals surface area contributed by atoms with Gasteiger partial charge in [0.1, 0.15) is 14.7 Å². The number of urea groups is 1. The SMILES string of the molecule is Cc1cc(S(=O)(=O)O)cc2c(S(=O)(=O)O)ccc(NC(=O)c3cccc(NC(=O)Nc4cccc(C(=O)Nc5ccc(S(=O)(=O)O)c6cc(S(=O)(=O)O)cc(S(=O)(=O)O)c56)c4)c3)c12. The maximum absolute atomic E-state index is 13.4. The van der Waals surface area contributed by atoms with Gasteiger partial charge in [-0.1, -0.05) is 12.1 Å². The molecule has 330 valence electrons. The quantitative estimate of drug-likeness (QED) is 0.0795. The van der Waals surface area contributed by atoms with Crippen molar-refractivity contribution in [1.29, 1.82) is 0 Å². The van der Waals surface area contributed by atoms with Crippen LogP contribution in [0.15, 0.2) is 122 Å². The third-order valence-electron chi connectivity index (χ3n) is 8.95. The highest BCUT2D eigenvalue weighted by Gasteiger charge is 2.28. The van der Waals surface area contributed by atoms with Gasteiger partial charge in [0.15, 0.2) is 0 Å². The van der Waals surface area contributed by atoms with Crippen LogP contribution < -0.4 is 21.3 Å². The number of hydrogen-bond donors (Lipinski definition) is 9. The molecule has 0 aromatic heterocycles. The zero-order chi connectivity index (χ0) is 46.6. The van der Waals surface area contributed by atoms with Gasteiger partial charge in [-0.3, -0.25) is 32.4 Å². The largest absolute Gasteiger partial charge is 0.323 e. The lowest BCUT2D eigenvalue weighted by Gasteiger charge is -2.15. The molecule has 0 saturated heterocycles. The Balaban J connectivity index is 1.23. The molecule has 0 aliphatic carbocycles. The molecular formula is C36H28N4O18S5. The van der Waals surface area contributed by atoms with Crippen molar-refractivity contribution < 1.29 is 79.2 Å². The molecule has 6 aromatic carbocycles. The number of carbonyl (C=O) groups is 3. The van der Waals surface area contributed by atoms with Gasteiger partial charge in [0, 0.05) is 49.7 Å². The van der Waals surface area contributed by atoms with Gasteiger partial charge in [0.25, 0.3) is 62.4 Å². The fourth-order valence-corrected chi connectivity index (χ4v) is 9.66. The second kappa shape index (κ2) is 16.4. The zero-order valence-corrected chi connectivity index (χ0v) is 35.4. The van der Waals surface area contributed by atoms with Crippen LogP contribution in [0, 0.1) is 6.92 Å². The first kappa shape index (κ1) is 46.1. The number of anilines is 4. The highest BCUT2D eigenvalue weighted by Crippen LogP contribution is 2.38. The van der Waals surface area contributed by atoms with Gasteiger partial charge in [0.2, 0.25) is 0 Å². The minimum Gasteiger partial charge on any atom is -0.321 e. The van der Waals surface area contributed by atoms with Crippen LogP contribution in [0.1, 0.15) is 26.3 Å². The Bertz CT molecular complexity index is 3560. The summed E-state index contributed by atoms with van der Waals surface area (Å²) in [4.78, 5) is 35.0. The number of rotatable bonds is 11. The first-order valence-corrected chi connectivity index (χ1v) is 24.2. The molecule has 0 aliphatic heterocycles. The number of amides is 4. The summed E-state index contributed by atoms with van der Waals surface area (Å²) in [7, 11) is -25.6. The lowest BCUT2D eigenvalue weighted by Crippen LogP contribution is -2.20. The first-order valence-electron chi connectivity index (χ1n) is 17.0. The normalized spacial score (nSPS) is 12.5.